The fourth-order valence-corrected chi connectivity index (χ4v) is 3.46. The molecular formula is C19H17ClF3NO2. The van der Waals surface area contributed by atoms with Crippen molar-refractivity contribution in [3.8, 4) is 0 Å². The number of halogens is 4. The Hall–Kier alpha value is -1.92. The molecule has 0 amide bonds. The zero-order valence-corrected chi connectivity index (χ0v) is 14.8. The number of fused-ring (bicyclic) bond motifs is 1. The molecule has 7 heteroatoms. The van der Waals surface area contributed by atoms with E-state index < -0.39 is 28.7 Å². The first-order chi connectivity index (χ1) is 12.2. The topological polar surface area (TPSA) is 50.2 Å². The first-order valence-electron chi connectivity index (χ1n) is 8.20. The molecule has 3 nitrogen and oxygen atoms in total. The number of benzene rings is 1. The van der Waals surface area contributed by atoms with Gasteiger partial charge in [-0.3, -0.25) is 9.78 Å². The Kier molecular flexibility index (Phi) is 4.84. The van der Waals surface area contributed by atoms with Gasteiger partial charge in [-0.1, -0.05) is 23.7 Å². The van der Waals surface area contributed by atoms with E-state index in [9.17, 15) is 18.7 Å². The number of nitrogens with zero attached hydrogens (tertiary/aromatic N) is 1. The molecule has 1 heterocycles. The van der Waals surface area contributed by atoms with Crippen LogP contribution in [0.5, 0.6) is 0 Å². The lowest BCUT2D eigenvalue weighted by molar-refractivity contribution is -0.134. The van der Waals surface area contributed by atoms with Crippen LogP contribution in [0.15, 0.2) is 30.5 Å². The largest absolute Gasteiger partial charge is 0.384 e. The molecular weight excluding hydrogens is 367 g/mol. The van der Waals surface area contributed by atoms with Gasteiger partial charge in [0.1, 0.15) is 5.60 Å². The lowest BCUT2D eigenvalue weighted by Crippen LogP contribution is -2.42. The fourth-order valence-electron chi connectivity index (χ4n) is 3.32. The van der Waals surface area contributed by atoms with Gasteiger partial charge < -0.3 is 5.11 Å². The highest BCUT2D eigenvalue weighted by Crippen LogP contribution is 2.46. The predicted octanol–water partition coefficient (Wildman–Crippen LogP) is 4.38. The van der Waals surface area contributed by atoms with Crippen LogP contribution in [0, 0.1) is 11.6 Å². The average molecular weight is 384 g/mol. The Labute approximate surface area is 153 Å². The van der Waals surface area contributed by atoms with E-state index in [0.29, 0.717) is 0 Å². The average Bonchev–Trinajstić information content (AvgIpc) is 2.62. The molecule has 1 N–H and O–H groups in total. The van der Waals surface area contributed by atoms with Gasteiger partial charge in [0.25, 0.3) is 0 Å². The van der Waals surface area contributed by atoms with Crippen LogP contribution in [0.2, 0.25) is 5.02 Å². The molecule has 1 aliphatic rings. The van der Waals surface area contributed by atoms with Crippen molar-refractivity contribution in [2.24, 2.45) is 0 Å². The second-order valence-electron chi connectivity index (χ2n) is 6.73. The Morgan fingerprint density at radius 2 is 2.00 bits per heavy atom. The van der Waals surface area contributed by atoms with Gasteiger partial charge in [0.2, 0.25) is 0 Å². The van der Waals surface area contributed by atoms with Gasteiger partial charge in [0.05, 0.1) is 10.7 Å². The molecule has 0 unspecified atom stereocenters. The molecule has 0 aliphatic heterocycles. The van der Waals surface area contributed by atoms with Crippen molar-refractivity contribution < 1.29 is 23.1 Å². The summed E-state index contributed by atoms with van der Waals surface area (Å²) in [7, 11) is 0. The van der Waals surface area contributed by atoms with E-state index in [1.165, 1.54) is 37.4 Å². The molecule has 26 heavy (non-hydrogen) atoms. The number of carbonyl (C=O) groups is 1. The minimum Gasteiger partial charge on any atom is -0.384 e. The zero-order chi connectivity index (χ0) is 19.1. The molecule has 138 valence electrons. The summed E-state index contributed by atoms with van der Waals surface area (Å²) in [6.45, 7) is 1.52. The number of Topliss-reactive ketones (excluding diaryl/α,β-unsaturated/α-hetero) is 1. The van der Waals surface area contributed by atoms with Gasteiger partial charge in [-0.2, -0.15) is 0 Å². The van der Waals surface area contributed by atoms with E-state index in [4.69, 9.17) is 11.6 Å². The van der Waals surface area contributed by atoms with Crippen LogP contribution >= 0.6 is 11.6 Å². The van der Waals surface area contributed by atoms with E-state index >= 15 is 4.39 Å². The number of hydrogen-bond acceptors (Lipinski definition) is 3. The molecule has 3 rings (SSSR count). The van der Waals surface area contributed by atoms with Gasteiger partial charge in [0.15, 0.2) is 23.1 Å². The minimum absolute atomic E-state index is 0.0309. The lowest BCUT2D eigenvalue weighted by Gasteiger charge is -2.37. The van der Waals surface area contributed by atoms with Crippen molar-refractivity contribution in [3.63, 3.8) is 0 Å². The molecule has 0 spiro atoms. The second-order valence-corrected chi connectivity index (χ2v) is 7.14. The summed E-state index contributed by atoms with van der Waals surface area (Å²) < 4.78 is 43.0. The summed E-state index contributed by atoms with van der Waals surface area (Å²) in [5.74, 6) is -3.07. The molecule has 0 radical (unpaired) electrons. The van der Waals surface area contributed by atoms with Crippen molar-refractivity contribution in [3.05, 3.63) is 63.9 Å². The SMILES string of the molecule is C[C@]1(O)CC[C@@](F)(C(=O)CCc2ccc(Cl)c(F)c2F)c2cccnc21. The molecule has 1 aliphatic carbocycles. The number of aromatic nitrogens is 1. The number of rotatable bonds is 4. The summed E-state index contributed by atoms with van der Waals surface area (Å²) in [5, 5.41) is 10.0. The van der Waals surface area contributed by atoms with Crippen molar-refractivity contribution >= 4 is 17.4 Å². The molecule has 0 fully saturated rings. The highest BCUT2D eigenvalue weighted by Gasteiger charge is 2.49. The minimum atomic E-state index is -2.31. The number of aliphatic hydroxyl groups is 1. The summed E-state index contributed by atoms with van der Waals surface area (Å²) >= 11 is 5.50. The Morgan fingerprint density at radius 3 is 2.73 bits per heavy atom. The highest BCUT2D eigenvalue weighted by atomic mass is 35.5. The van der Waals surface area contributed by atoms with Crippen LogP contribution in [0.3, 0.4) is 0 Å². The van der Waals surface area contributed by atoms with Gasteiger partial charge in [0, 0.05) is 18.2 Å². The van der Waals surface area contributed by atoms with Crippen LogP contribution in [-0.2, 0) is 22.5 Å². The maximum Gasteiger partial charge on any atom is 0.195 e. The standard InChI is InChI=1S/C19H17ClF3NO2/c1-18(26)8-9-19(23,12-3-2-10-24-17(12)18)14(25)7-5-11-4-6-13(20)16(22)15(11)21/h2-4,6,10,26H,5,7-9H2,1H3/t18-,19-/m0/s1. The van der Waals surface area contributed by atoms with E-state index in [1.54, 1.807) is 0 Å². The fraction of sp³-hybridized carbons (Fsp3) is 0.368. The maximum absolute atomic E-state index is 15.6. The van der Waals surface area contributed by atoms with E-state index in [1.807, 2.05) is 0 Å². The lowest BCUT2D eigenvalue weighted by atomic mass is 9.73. The molecule has 1 aromatic carbocycles. The third-order valence-corrected chi connectivity index (χ3v) is 5.17. The summed E-state index contributed by atoms with van der Waals surface area (Å²) in [5.41, 5.74) is -3.52. The quantitative estimate of drug-likeness (QED) is 0.797. The molecule has 2 atom stereocenters. The highest BCUT2D eigenvalue weighted by molar-refractivity contribution is 6.30. The number of aryl methyl sites for hydroxylation is 1. The zero-order valence-electron chi connectivity index (χ0n) is 14.0. The number of ketones is 1. The van der Waals surface area contributed by atoms with Crippen LogP contribution in [-0.4, -0.2) is 15.9 Å². The van der Waals surface area contributed by atoms with E-state index in [-0.39, 0.29) is 47.5 Å². The Morgan fingerprint density at radius 1 is 1.27 bits per heavy atom. The van der Waals surface area contributed by atoms with Gasteiger partial charge in [-0.05, 0) is 43.9 Å². The molecule has 0 bridgehead atoms. The number of hydrogen-bond donors (Lipinski definition) is 1. The maximum atomic E-state index is 15.6. The third-order valence-electron chi connectivity index (χ3n) is 4.88. The summed E-state index contributed by atoms with van der Waals surface area (Å²) in [6.07, 6.45) is 0.787. The summed E-state index contributed by atoms with van der Waals surface area (Å²) in [6, 6.07) is 5.40. The monoisotopic (exact) mass is 383 g/mol. The molecule has 0 saturated heterocycles. The third kappa shape index (κ3) is 3.12. The van der Waals surface area contributed by atoms with Crippen molar-refractivity contribution in [2.45, 2.75) is 43.9 Å². The predicted molar refractivity (Wildman–Crippen MR) is 90.5 cm³/mol. The van der Waals surface area contributed by atoms with Crippen molar-refractivity contribution in [1.82, 2.24) is 4.98 Å². The number of pyridine rings is 1. The second kappa shape index (κ2) is 6.67. The smallest absolute Gasteiger partial charge is 0.195 e. The van der Waals surface area contributed by atoms with Crippen molar-refractivity contribution in [2.75, 3.05) is 0 Å². The Balaban J connectivity index is 1.85. The van der Waals surface area contributed by atoms with Gasteiger partial charge in [-0.15, -0.1) is 0 Å². The van der Waals surface area contributed by atoms with E-state index in [0.717, 1.165) is 0 Å². The Bertz CT molecular complexity index is 872. The normalized spacial score (nSPS) is 25.0. The van der Waals surface area contributed by atoms with Crippen LogP contribution in [0.4, 0.5) is 13.2 Å². The molecule has 1 aromatic heterocycles. The molecule has 0 saturated carbocycles. The first kappa shape index (κ1) is 18.9. The number of alkyl halides is 1. The van der Waals surface area contributed by atoms with Crippen LogP contribution in [0.25, 0.3) is 0 Å². The first-order valence-corrected chi connectivity index (χ1v) is 8.57. The van der Waals surface area contributed by atoms with Gasteiger partial charge >= 0.3 is 0 Å². The number of carbonyl (C=O) groups excluding carboxylic acids is 1. The van der Waals surface area contributed by atoms with Crippen LogP contribution < -0.4 is 0 Å². The summed E-state index contributed by atoms with van der Waals surface area (Å²) in [4.78, 5) is 16.6. The van der Waals surface area contributed by atoms with Crippen LogP contribution in [0.1, 0.15) is 43.0 Å². The van der Waals surface area contributed by atoms with Crippen molar-refractivity contribution in [1.29, 1.82) is 0 Å². The van der Waals surface area contributed by atoms with E-state index in [2.05, 4.69) is 4.98 Å². The van der Waals surface area contributed by atoms with Gasteiger partial charge in [-0.25, -0.2) is 13.2 Å². The molecule has 2 aromatic rings.